The van der Waals surface area contributed by atoms with Crippen LogP contribution in [0, 0.1) is 12.3 Å². The normalized spacial score (nSPS) is 6.09. The molecule has 1 nitrogen and oxygen atoms in total. The van der Waals surface area contributed by atoms with Gasteiger partial charge in [-0.3, -0.25) is 4.79 Å². The molecule has 0 aromatic heterocycles. The molecule has 0 N–H and O–H groups in total. The molecule has 0 heterocycles. The van der Waals surface area contributed by atoms with Gasteiger partial charge in [-0.2, -0.15) is 0 Å². The van der Waals surface area contributed by atoms with Crippen LogP contribution in [0.1, 0.15) is 5.56 Å². The summed E-state index contributed by atoms with van der Waals surface area (Å²) < 4.78 is 0. The average molecular weight is 182 g/mol. The molecule has 11 heavy (non-hydrogen) atoms. The topological polar surface area (TPSA) is 17.1 Å². The third kappa shape index (κ3) is 5.43. The number of carbonyl (C=O) groups excluding carboxylic acids is 1. The molecule has 2 heteroatoms. The Bertz CT molecular complexity index is 213. The second-order valence-electron chi connectivity index (χ2n) is 1.51. The van der Waals surface area contributed by atoms with Gasteiger partial charge in [0.1, 0.15) is 0 Å². The summed E-state index contributed by atoms with van der Waals surface area (Å²) in [5, 5.41) is 0. The summed E-state index contributed by atoms with van der Waals surface area (Å²) in [6.45, 7) is 4.50. The van der Waals surface area contributed by atoms with Crippen molar-refractivity contribution in [3.63, 3.8) is 0 Å². The molecule has 0 atom stereocenters. The van der Waals surface area contributed by atoms with E-state index in [1.807, 2.05) is 30.3 Å². The van der Waals surface area contributed by atoms with Gasteiger partial charge in [0.15, 0.2) is 0 Å². The summed E-state index contributed by atoms with van der Waals surface area (Å²) in [7, 11) is 0. The third-order valence-electron chi connectivity index (χ3n) is 0.940. The maximum absolute atomic E-state index is 7.50. The van der Waals surface area contributed by atoms with Gasteiger partial charge < -0.3 is 0 Å². The third-order valence-corrected chi connectivity index (χ3v) is 0.940. The van der Waals surface area contributed by atoms with Crippen LogP contribution in [0.15, 0.2) is 30.3 Å². The van der Waals surface area contributed by atoms with E-state index in [9.17, 15) is 0 Å². The van der Waals surface area contributed by atoms with Crippen molar-refractivity contribution in [3.8, 4) is 12.3 Å². The van der Waals surface area contributed by atoms with E-state index in [1.54, 1.807) is 0 Å². The van der Waals surface area contributed by atoms with Crippen LogP contribution in [0.4, 0.5) is 0 Å². The van der Waals surface area contributed by atoms with Crippen LogP contribution in [-0.4, -0.2) is 6.79 Å². The molecule has 0 aliphatic carbocycles. The van der Waals surface area contributed by atoms with E-state index in [-0.39, 0.29) is 17.4 Å². The van der Waals surface area contributed by atoms with Crippen molar-refractivity contribution in [2.24, 2.45) is 0 Å². The summed E-state index contributed by atoms with van der Waals surface area (Å²) in [6, 6.07) is 9.60. The van der Waals surface area contributed by atoms with Crippen LogP contribution >= 0.6 is 0 Å². The number of benzene rings is 1. The van der Waals surface area contributed by atoms with Gasteiger partial charge in [0.25, 0.3) is 6.79 Å². The van der Waals surface area contributed by atoms with Gasteiger partial charge in [0.05, 0.1) is 0 Å². The molecule has 1 aromatic carbocycles. The van der Waals surface area contributed by atoms with Gasteiger partial charge in [-0.15, -0.1) is 6.42 Å². The molecular weight excluding hydrogens is 176 g/mol. The van der Waals surface area contributed by atoms with E-state index in [2.05, 4.69) is 12.7 Å². The van der Waals surface area contributed by atoms with Crippen molar-refractivity contribution in [1.29, 1.82) is 0 Å². The number of rotatable bonds is 0. The van der Waals surface area contributed by atoms with E-state index in [0.29, 0.717) is 0 Å². The molecule has 0 bridgehead atoms. The van der Waals surface area contributed by atoms with Crippen molar-refractivity contribution in [1.82, 2.24) is 0 Å². The van der Waals surface area contributed by atoms with Crippen molar-refractivity contribution in [2.45, 2.75) is 0 Å². The Hall–Kier alpha value is -1.02. The van der Waals surface area contributed by atoms with Crippen LogP contribution in [0.5, 0.6) is 0 Å². The maximum atomic E-state index is 7.50. The minimum Gasteiger partial charge on any atom is -0.281 e. The fraction of sp³-hybridized carbons (Fsp3) is 0. The second kappa shape index (κ2) is 8.98. The molecule has 0 unspecified atom stereocenters. The SMILES string of the molecule is C#Cc1ccccc1.[C]=O.[Cr]. The predicted molar refractivity (Wildman–Crippen MR) is 40.1 cm³/mol. The monoisotopic (exact) mass is 182 g/mol. The second-order valence-corrected chi connectivity index (χ2v) is 1.51. The summed E-state index contributed by atoms with van der Waals surface area (Å²) >= 11 is 0. The molecule has 1 aromatic rings. The van der Waals surface area contributed by atoms with Crippen molar-refractivity contribution in [2.75, 3.05) is 0 Å². The minimum atomic E-state index is 0. The van der Waals surface area contributed by atoms with E-state index < -0.39 is 0 Å². The van der Waals surface area contributed by atoms with Gasteiger partial charge in [0.2, 0.25) is 0 Å². The van der Waals surface area contributed by atoms with Crippen LogP contribution < -0.4 is 0 Å². The summed E-state index contributed by atoms with van der Waals surface area (Å²) in [5.41, 5.74) is 0.938. The van der Waals surface area contributed by atoms with Crippen molar-refractivity contribution in [3.05, 3.63) is 35.9 Å². The first-order valence-corrected chi connectivity index (χ1v) is 2.65. The zero-order valence-corrected chi connectivity index (χ0v) is 7.06. The van der Waals surface area contributed by atoms with E-state index in [0.717, 1.165) is 5.56 Å². The zero-order valence-electron chi connectivity index (χ0n) is 5.78. The van der Waals surface area contributed by atoms with Crippen LogP contribution in [0.2, 0.25) is 0 Å². The van der Waals surface area contributed by atoms with E-state index in [1.165, 1.54) is 0 Å². The van der Waals surface area contributed by atoms with Crippen LogP contribution in [0.25, 0.3) is 0 Å². The fourth-order valence-electron chi connectivity index (χ4n) is 0.534. The summed E-state index contributed by atoms with van der Waals surface area (Å²) in [4.78, 5) is 7.50. The predicted octanol–water partition coefficient (Wildman–Crippen LogP) is 1.27. The number of hydrogen-bond acceptors (Lipinski definition) is 1. The standard InChI is InChI=1S/C8H6.CO.Cr/c1-2-8-6-4-3-5-7-8;1-2;/h1,3-7H;;. The fourth-order valence-corrected chi connectivity index (χ4v) is 0.534. The number of terminal acetylenes is 1. The quantitative estimate of drug-likeness (QED) is 0.552. The molecule has 0 saturated heterocycles. The molecule has 0 amide bonds. The largest absolute Gasteiger partial charge is 0.281 e. The van der Waals surface area contributed by atoms with Gasteiger partial charge >= 0.3 is 0 Å². The Balaban J connectivity index is 0. The molecule has 1 rings (SSSR count). The zero-order chi connectivity index (χ0) is 7.82. The van der Waals surface area contributed by atoms with Gasteiger partial charge in [-0.05, 0) is 12.1 Å². The summed E-state index contributed by atoms with van der Waals surface area (Å²) in [6.07, 6.45) is 5.10. The van der Waals surface area contributed by atoms with Crippen LogP contribution in [0.3, 0.4) is 0 Å². The molecule has 0 fully saturated rings. The van der Waals surface area contributed by atoms with Gasteiger partial charge in [0, 0.05) is 22.9 Å². The Labute approximate surface area is 77.6 Å². The first kappa shape index (κ1) is 12.6. The Morgan fingerprint density at radius 3 is 1.91 bits per heavy atom. The Kier molecular flexibility index (Phi) is 10.3. The minimum absolute atomic E-state index is 0. The van der Waals surface area contributed by atoms with Gasteiger partial charge in [-0.1, -0.05) is 24.1 Å². The van der Waals surface area contributed by atoms with E-state index in [4.69, 9.17) is 11.2 Å². The number of hydrogen-bond donors (Lipinski definition) is 0. The Morgan fingerprint density at radius 1 is 1.18 bits per heavy atom. The van der Waals surface area contributed by atoms with Crippen molar-refractivity contribution < 1.29 is 22.2 Å². The van der Waals surface area contributed by atoms with Crippen molar-refractivity contribution >= 4 is 6.79 Å². The molecule has 54 valence electrons. The molecule has 2 radical (unpaired) electrons. The smallest absolute Gasteiger partial charge is 0.281 e. The first-order chi connectivity index (χ1) is 4.93. The molecule has 0 saturated carbocycles. The molecule has 0 aliphatic heterocycles. The molecule has 0 aliphatic rings. The average Bonchev–Trinajstić information content (AvgIpc) is 2.10. The van der Waals surface area contributed by atoms with E-state index >= 15 is 0 Å². The maximum Gasteiger partial charge on any atom is 0.281 e. The Morgan fingerprint density at radius 2 is 1.64 bits per heavy atom. The van der Waals surface area contributed by atoms with Gasteiger partial charge in [-0.25, -0.2) is 0 Å². The molecule has 0 spiro atoms. The molecular formula is C9H6CrO. The first-order valence-electron chi connectivity index (χ1n) is 2.65. The summed E-state index contributed by atoms with van der Waals surface area (Å²) in [5.74, 6) is 2.53. The van der Waals surface area contributed by atoms with Crippen LogP contribution in [-0.2, 0) is 22.2 Å².